The molecule has 0 aromatic carbocycles. The van der Waals surface area contributed by atoms with E-state index in [0.29, 0.717) is 34.7 Å². The lowest BCUT2D eigenvalue weighted by atomic mass is 9.69. The van der Waals surface area contributed by atoms with Gasteiger partial charge in [-0.1, -0.05) is 6.07 Å². The molecule has 2 aromatic heterocycles. The van der Waals surface area contributed by atoms with Crippen LogP contribution in [0.15, 0.2) is 62.9 Å². The Bertz CT molecular complexity index is 1080. The molecule has 0 amide bonds. The largest absolute Gasteiger partial charge is 0.469 e. The molecule has 1 aliphatic heterocycles. The van der Waals surface area contributed by atoms with Gasteiger partial charge in [0, 0.05) is 27.8 Å². The molecule has 168 valence electrons. The van der Waals surface area contributed by atoms with Crippen LogP contribution in [0, 0.1) is 5.92 Å². The van der Waals surface area contributed by atoms with Crippen molar-refractivity contribution in [3.63, 3.8) is 0 Å². The zero-order chi connectivity index (χ0) is 22.8. The van der Waals surface area contributed by atoms with E-state index < -0.39 is 29.7 Å². The fourth-order valence-corrected chi connectivity index (χ4v) is 5.37. The molecule has 0 fully saturated rings. The average molecular weight is 456 g/mol. The fourth-order valence-electron chi connectivity index (χ4n) is 4.53. The minimum atomic E-state index is -1.05. The van der Waals surface area contributed by atoms with E-state index in [9.17, 15) is 14.4 Å². The summed E-state index contributed by atoms with van der Waals surface area (Å²) in [6.45, 7) is 5.64. The van der Waals surface area contributed by atoms with Crippen molar-refractivity contribution in [3.8, 4) is 0 Å². The predicted octanol–water partition coefficient (Wildman–Crippen LogP) is 4.06. The zero-order valence-corrected chi connectivity index (χ0v) is 19.0. The van der Waals surface area contributed by atoms with Crippen LogP contribution < -0.4 is 5.32 Å². The molecular formula is C24H25NO6S. The number of Topliss-reactive ketones (excluding diaryl/α,β-unsaturated/α-hetero) is 1. The molecule has 3 atom stereocenters. The second kappa shape index (κ2) is 9.16. The Morgan fingerprint density at radius 1 is 1.19 bits per heavy atom. The second-order valence-electron chi connectivity index (χ2n) is 7.64. The van der Waals surface area contributed by atoms with Crippen LogP contribution in [-0.2, 0) is 23.9 Å². The first kappa shape index (κ1) is 22.1. The molecule has 1 N–H and O–H groups in total. The molecule has 0 radical (unpaired) electrons. The third-order valence-electron chi connectivity index (χ3n) is 5.79. The number of nitrogens with one attached hydrogen (secondary N) is 1. The van der Waals surface area contributed by atoms with Crippen molar-refractivity contribution < 1.29 is 28.3 Å². The van der Waals surface area contributed by atoms with E-state index in [0.717, 1.165) is 4.88 Å². The van der Waals surface area contributed by atoms with E-state index in [1.54, 1.807) is 32.9 Å². The maximum Gasteiger partial charge on any atom is 0.336 e. The van der Waals surface area contributed by atoms with E-state index in [-0.39, 0.29) is 19.0 Å². The Balaban J connectivity index is 1.85. The minimum absolute atomic E-state index is 0.166. The molecule has 0 saturated heterocycles. The topological polar surface area (TPSA) is 94.8 Å². The number of ether oxygens (including phenoxy) is 2. The fraction of sp³-hybridized carbons (Fsp3) is 0.375. The Morgan fingerprint density at radius 2 is 1.97 bits per heavy atom. The van der Waals surface area contributed by atoms with Crippen LogP contribution in [0.4, 0.5) is 0 Å². The number of dihydropyridines is 1. The molecule has 3 heterocycles. The van der Waals surface area contributed by atoms with Crippen molar-refractivity contribution in [1.29, 1.82) is 0 Å². The summed E-state index contributed by atoms with van der Waals surface area (Å²) in [6.07, 6.45) is 1.91. The van der Waals surface area contributed by atoms with Crippen LogP contribution in [0.5, 0.6) is 0 Å². The standard InChI is InChI=1S/C24H25NO6S/c1-4-29-23(27)18-13(3)25-15-12-14(16-8-6-10-31-16)19(24(28)30-5-2)22(26)20(15)21(18)17-9-7-11-32-17/h6-11,14,19,21,25H,4-5,12H2,1-3H3/t14-,19+,21+/m0/s1. The highest BCUT2D eigenvalue weighted by atomic mass is 32.1. The van der Waals surface area contributed by atoms with Crippen LogP contribution in [0.2, 0.25) is 0 Å². The third-order valence-corrected chi connectivity index (χ3v) is 6.73. The van der Waals surface area contributed by atoms with Crippen molar-refractivity contribution in [2.45, 2.75) is 39.0 Å². The Labute approximate surface area is 190 Å². The normalized spacial score (nSPS) is 23.0. The van der Waals surface area contributed by atoms with Crippen LogP contribution >= 0.6 is 11.3 Å². The number of rotatable bonds is 6. The van der Waals surface area contributed by atoms with Crippen LogP contribution in [0.1, 0.15) is 49.7 Å². The van der Waals surface area contributed by atoms with Crippen molar-refractivity contribution in [1.82, 2.24) is 5.32 Å². The van der Waals surface area contributed by atoms with Crippen LogP contribution in [0.25, 0.3) is 0 Å². The smallest absolute Gasteiger partial charge is 0.336 e. The highest BCUT2D eigenvalue weighted by Crippen LogP contribution is 2.48. The molecule has 1 aliphatic carbocycles. The molecule has 0 saturated carbocycles. The van der Waals surface area contributed by atoms with Gasteiger partial charge in [0.1, 0.15) is 11.7 Å². The molecule has 0 spiro atoms. The number of esters is 2. The Hall–Kier alpha value is -3.13. The van der Waals surface area contributed by atoms with E-state index in [1.807, 2.05) is 17.5 Å². The van der Waals surface area contributed by atoms with Crippen molar-refractivity contribution in [2.75, 3.05) is 13.2 Å². The highest BCUT2D eigenvalue weighted by Gasteiger charge is 2.50. The second-order valence-corrected chi connectivity index (χ2v) is 8.62. The van der Waals surface area contributed by atoms with E-state index in [1.165, 1.54) is 17.6 Å². The molecule has 4 rings (SSSR count). The van der Waals surface area contributed by atoms with Crippen molar-refractivity contribution in [3.05, 3.63) is 69.1 Å². The monoisotopic (exact) mass is 455 g/mol. The lowest BCUT2D eigenvalue weighted by Crippen LogP contribution is -2.43. The first-order valence-electron chi connectivity index (χ1n) is 10.6. The molecule has 2 aliphatic rings. The van der Waals surface area contributed by atoms with Gasteiger partial charge in [-0.15, -0.1) is 11.3 Å². The van der Waals surface area contributed by atoms with Gasteiger partial charge in [-0.2, -0.15) is 0 Å². The molecule has 0 unspecified atom stereocenters. The summed E-state index contributed by atoms with van der Waals surface area (Å²) in [7, 11) is 0. The highest BCUT2D eigenvalue weighted by molar-refractivity contribution is 7.10. The lowest BCUT2D eigenvalue weighted by Gasteiger charge is -2.38. The quantitative estimate of drug-likeness (QED) is 0.519. The molecular weight excluding hydrogens is 430 g/mol. The Kier molecular flexibility index (Phi) is 6.32. The SMILES string of the molecule is CCOC(=O)C1=C(C)NC2=C(C(=O)[C@H](C(=O)OCC)[C@H](c3ccco3)C2)[C@@H]1c1cccs1. The van der Waals surface area contributed by atoms with Gasteiger partial charge in [0.05, 0.1) is 31.0 Å². The molecule has 32 heavy (non-hydrogen) atoms. The van der Waals surface area contributed by atoms with Gasteiger partial charge in [0.2, 0.25) is 0 Å². The van der Waals surface area contributed by atoms with Gasteiger partial charge >= 0.3 is 11.9 Å². The van der Waals surface area contributed by atoms with Crippen molar-refractivity contribution >= 4 is 29.1 Å². The first-order chi connectivity index (χ1) is 15.5. The number of allylic oxidation sites excluding steroid dienone is 3. The lowest BCUT2D eigenvalue weighted by molar-refractivity contribution is -0.152. The van der Waals surface area contributed by atoms with Crippen molar-refractivity contribution in [2.24, 2.45) is 5.92 Å². The number of thiophene rings is 1. The van der Waals surface area contributed by atoms with E-state index in [2.05, 4.69) is 5.32 Å². The first-order valence-corrected chi connectivity index (χ1v) is 11.5. The Morgan fingerprint density at radius 3 is 2.59 bits per heavy atom. The predicted molar refractivity (Wildman–Crippen MR) is 118 cm³/mol. The number of carbonyl (C=O) groups excluding carboxylic acids is 3. The van der Waals surface area contributed by atoms with Gasteiger partial charge in [-0.3, -0.25) is 9.59 Å². The minimum Gasteiger partial charge on any atom is -0.469 e. The molecule has 8 heteroatoms. The summed E-state index contributed by atoms with van der Waals surface area (Å²) in [5.74, 6) is -3.01. The third kappa shape index (κ3) is 3.79. The molecule has 2 aromatic rings. The molecule has 7 nitrogen and oxygen atoms in total. The van der Waals surface area contributed by atoms with Gasteiger partial charge < -0.3 is 19.2 Å². The summed E-state index contributed by atoms with van der Waals surface area (Å²) < 4.78 is 16.2. The maximum absolute atomic E-state index is 13.9. The average Bonchev–Trinajstić information content (AvgIpc) is 3.47. The van der Waals surface area contributed by atoms with Gasteiger partial charge in [0.25, 0.3) is 0 Å². The van der Waals surface area contributed by atoms with Gasteiger partial charge in [0.15, 0.2) is 5.78 Å². The van der Waals surface area contributed by atoms with Crippen LogP contribution in [-0.4, -0.2) is 30.9 Å². The summed E-state index contributed by atoms with van der Waals surface area (Å²) in [4.78, 5) is 40.6. The summed E-state index contributed by atoms with van der Waals surface area (Å²) in [5, 5.41) is 5.16. The maximum atomic E-state index is 13.9. The van der Waals surface area contributed by atoms with Gasteiger partial charge in [-0.25, -0.2) is 4.79 Å². The number of hydrogen-bond acceptors (Lipinski definition) is 8. The van der Waals surface area contributed by atoms with E-state index in [4.69, 9.17) is 13.9 Å². The van der Waals surface area contributed by atoms with Crippen LogP contribution in [0.3, 0.4) is 0 Å². The van der Waals surface area contributed by atoms with E-state index >= 15 is 0 Å². The number of carbonyl (C=O) groups is 3. The summed E-state index contributed by atoms with van der Waals surface area (Å²) >= 11 is 1.46. The number of hydrogen-bond donors (Lipinski definition) is 1. The number of ketones is 1. The van der Waals surface area contributed by atoms with Gasteiger partial charge in [-0.05, 0) is 50.8 Å². The molecule has 0 bridgehead atoms. The number of furan rings is 1. The summed E-state index contributed by atoms with van der Waals surface area (Å²) in [5.41, 5.74) is 2.14. The zero-order valence-electron chi connectivity index (χ0n) is 18.2. The summed E-state index contributed by atoms with van der Waals surface area (Å²) in [6, 6.07) is 7.27.